The topological polar surface area (TPSA) is 67.8 Å². The van der Waals surface area contributed by atoms with Crippen LogP contribution in [-0.4, -0.2) is 11.0 Å². The van der Waals surface area contributed by atoms with Crippen molar-refractivity contribution in [2.45, 2.75) is 0 Å². The summed E-state index contributed by atoms with van der Waals surface area (Å²) in [4.78, 5) is 0. The Morgan fingerprint density at radius 1 is 1.10 bits per heavy atom. The molecule has 3 N–H and O–H groups in total. The van der Waals surface area contributed by atoms with Crippen molar-refractivity contribution in [3.8, 4) is 11.5 Å². The van der Waals surface area contributed by atoms with Gasteiger partial charge < -0.3 is 15.7 Å². The number of ether oxygens (including phenoxy) is 1. The van der Waals surface area contributed by atoms with E-state index >= 15 is 0 Å². The molecule has 2 rings (SSSR count). The Bertz CT molecular complexity index is 677. The van der Waals surface area contributed by atoms with Gasteiger partial charge in [0.25, 0.3) is 0 Å². The van der Waals surface area contributed by atoms with Gasteiger partial charge in [0.1, 0.15) is 11.5 Å². The number of oxime groups is 1. The fraction of sp³-hybridized carbons (Fsp3) is 0. The van der Waals surface area contributed by atoms with Crippen molar-refractivity contribution in [1.29, 1.82) is 0 Å². The monoisotopic (exact) mass is 374 g/mol. The van der Waals surface area contributed by atoms with Crippen LogP contribution in [0, 0.1) is 0 Å². The third-order valence-corrected chi connectivity index (χ3v) is 3.85. The molecule has 0 aliphatic rings. The third-order valence-electron chi connectivity index (χ3n) is 2.45. The number of nitrogens with zero attached hydrogens (tertiary/aromatic N) is 1. The lowest BCUT2D eigenvalue weighted by Crippen LogP contribution is -2.13. The van der Waals surface area contributed by atoms with E-state index in [1.165, 1.54) is 0 Å². The lowest BCUT2D eigenvalue weighted by Gasteiger charge is -2.09. The molecular formula is C13H9BrCl2N2O2. The lowest BCUT2D eigenvalue weighted by atomic mass is 10.2. The SMILES string of the molecule is N/C(=N/O)c1ccc(Oc2ccc(Cl)c(Cl)c2)cc1Br. The molecule has 0 unspecified atom stereocenters. The van der Waals surface area contributed by atoms with Crippen molar-refractivity contribution >= 4 is 45.0 Å². The standard InChI is InChI=1S/C13H9BrCl2N2O2/c14-10-5-7(1-3-9(10)13(17)18-19)20-8-2-4-11(15)12(16)6-8/h1-6,19H,(H2,17,18). The molecule has 0 aliphatic carbocycles. The molecule has 20 heavy (non-hydrogen) atoms. The predicted molar refractivity (Wildman–Crippen MR) is 83.2 cm³/mol. The quantitative estimate of drug-likeness (QED) is 0.355. The molecule has 0 amide bonds. The number of rotatable bonds is 3. The molecule has 104 valence electrons. The van der Waals surface area contributed by atoms with E-state index in [4.69, 9.17) is 38.9 Å². The van der Waals surface area contributed by atoms with E-state index in [1.54, 1.807) is 36.4 Å². The first-order valence-corrected chi connectivity index (χ1v) is 6.96. The second kappa shape index (κ2) is 6.35. The molecule has 0 fully saturated rings. The first kappa shape index (κ1) is 15.0. The molecule has 0 heterocycles. The number of nitrogens with two attached hydrogens (primary N) is 1. The molecule has 2 aromatic rings. The van der Waals surface area contributed by atoms with Gasteiger partial charge in [0.15, 0.2) is 5.84 Å². The Kier molecular flexibility index (Phi) is 4.75. The van der Waals surface area contributed by atoms with Crippen molar-refractivity contribution in [2.75, 3.05) is 0 Å². The summed E-state index contributed by atoms with van der Waals surface area (Å²) < 4.78 is 6.29. The van der Waals surface area contributed by atoms with Crippen molar-refractivity contribution in [2.24, 2.45) is 10.9 Å². The highest BCUT2D eigenvalue weighted by Gasteiger charge is 2.08. The fourth-order valence-electron chi connectivity index (χ4n) is 1.50. The smallest absolute Gasteiger partial charge is 0.171 e. The van der Waals surface area contributed by atoms with Crippen molar-refractivity contribution in [3.63, 3.8) is 0 Å². The highest BCUT2D eigenvalue weighted by atomic mass is 79.9. The average molecular weight is 376 g/mol. The van der Waals surface area contributed by atoms with Crippen LogP contribution in [0.1, 0.15) is 5.56 Å². The van der Waals surface area contributed by atoms with Crippen LogP contribution in [0.2, 0.25) is 10.0 Å². The number of hydrogen-bond donors (Lipinski definition) is 2. The molecule has 0 spiro atoms. The normalized spacial score (nSPS) is 11.4. The Labute approximate surface area is 133 Å². The summed E-state index contributed by atoms with van der Waals surface area (Å²) in [5.41, 5.74) is 6.10. The van der Waals surface area contributed by atoms with E-state index in [1.807, 2.05) is 0 Å². The summed E-state index contributed by atoms with van der Waals surface area (Å²) in [6.07, 6.45) is 0. The molecular weight excluding hydrogens is 367 g/mol. The van der Waals surface area contributed by atoms with Gasteiger partial charge in [-0.3, -0.25) is 0 Å². The minimum absolute atomic E-state index is 0.0120. The molecule has 0 saturated carbocycles. The fourth-order valence-corrected chi connectivity index (χ4v) is 2.35. The maximum absolute atomic E-state index is 8.66. The van der Waals surface area contributed by atoms with Gasteiger partial charge in [-0.2, -0.15) is 0 Å². The van der Waals surface area contributed by atoms with Crippen molar-refractivity contribution in [1.82, 2.24) is 0 Å². The molecule has 0 aromatic heterocycles. The molecule has 0 aliphatic heterocycles. The van der Waals surface area contributed by atoms with Crippen LogP contribution < -0.4 is 10.5 Å². The minimum atomic E-state index is 0.0120. The van der Waals surface area contributed by atoms with Gasteiger partial charge in [0.05, 0.1) is 10.0 Å². The second-order valence-electron chi connectivity index (χ2n) is 3.80. The summed E-state index contributed by atoms with van der Waals surface area (Å²) >= 11 is 15.1. The van der Waals surface area contributed by atoms with Crippen LogP contribution in [-0.2, 0) is 0 Å². The molecule has 0 radical (unpaired) electrons. The van der Waals surface area contributed by atoms with E-state index in [0.717, 1.165) is 0 Å². The largest absolute Gasteiger partial charge is 0.457 e. The number of halogens is 3. The summed E-state index contributed by atoms with van der Waals surface area (Å²) in [5, 5.41) is 12.5. The van der Waals surface area contributed by atoms with Gasteiger partial charge in [-0.1, -0.05) is 28.4 Å². The van der Waals surface area contributed by atoms with Gasteiger partial charge in [-0.15, -0.1) is 0 Å². The Hall–Kier alpha value is -1.43. The molecule has 2 aromatic carbocycles. The average Bonchev–Trinajstić information content (AvgIpc) is 2.42. The number of hydrogen-bond acceptors (Lipinski definition) is 3. The molecule has 7 heteroatoms. The van der Waals surface area contributed by atoms with Gasteiger partial charge >= 0.3 is 0 Å². The zero-order valence-electron chi connectivity index (χ0n) is 9.98. The first-order valence-electron chi connectivity index (χ1n) is 5.41. The predicted octanol–water partition coefficient (Wildman–Crippen LogP) is 4.64. The van der Waals surface area contributed by atoms with E-state index in [-0.39, 0.29) is 5.84 Å². The van der Waals surface area contributed by atoms with E-state index in [2.05, 4.69) is 21.1 Å². The van der Waals surface area contributed by atoms with Gasteiger partial charge in [0.2, 0.25) is 0 Å². The highest BCUT2D eigenvalue weighted by Crippen LogP contribution is 2.31. The number of amidine groups is 1. The van der Waals surface area contributed by atoms with Crippen LogP contribution >= 0.6 is 39.1 Å². The molecule has 4 nitrogen and oxygen atoms in total. The summed E-state index contributed by atoms with van der Waals surface area (Å²) in [7, 11) is 0. The molecule has 0 bridgehead atoms. The van der Waals surface area contributed by atoms with E-state index in [9.17, 15) is 0 Å². The van der Waals surface area contributed by atoms with Crippen LogP contribution in [0.25, 0.3) is 0 Å². The van der Waals surface area contributed by atoms with Crippen LogP contribution in [0.5, 0.6) is 11.5 Å². The van der Waals surface area contributed by atoms with Crippen molar-refractivity contribution in [3.05, 3.63) is 56.5 Å². The molecule has 0 atom stereocenters. The van der Waals surface area contributed by atoms with Gasteiger partial charge in [-0.25, -0.2) is 0 Å². The summed E-state index contributed by atoms with van der Waals surface area (Å²) in [5.74, 6) is 1.14. The van der Waals surface area contributed by atoms with E-state index in [0.29, 0.717) is 31.6 Å². The van der Waals surface area contributed by atoms with Crippen LogP contribution in [0.4, 0.5) is 0 Å². The van der Waals surface area contributed by atoms with Crippen LogP contribution in [0.15, 0.2) is 46.0 Å². The second-order valence-corrected chi connectivity index (χ2v) is 5.47. The Balaban J connectivity index is 2.26. The third kappa shape index (κ3) is 3.36. The molecule has 0 saturated heterocycles. The Morgan fingerprint density at radius 3 is 2.35 bits per heavy atom. The van der Waals surface area contributed by atoms with Crippen molar-refractivity contribution < 1.29 is 9.94 Å². The number of benzene rings is 2. The highest BCUT2D eigenvalue weighted by molar-refractivity contribution is 9.10. The maximum atomic E-state index is 8.66. The van der Waals surface area contributed by atoms with Gasteiger partial charge in [0, 0.05) is 16.1 Å². The van der Waals surface area contributed by atoms with E-state index < -0.39 is 0 Å². The first-order chi connectivity index (χ1) is 9.51. The van der Waals surface area contributed by atoms with Gasteiger partial charge in [-0.05, 0) is 46.3 Å². The zero-order valence-corrected chi connectivity index (χ0v) is 13.1. The Morgan fingerprint density at radius 2 is 1.75 bits per heavy atom. The maximum Gasteiger partial charge on any atom is 0.171 e. The minimum Gasteiger partial charge on any atom is -0.457 e. The summed E-state index contributed by atoms with van der Waals surface area (Å²) in [6, 6.07) is 10.1. The van der Waals surface area contributed by atoms with Crippen LogP contribution in [0.3, 0.4) is 0 Å². The zero-order chi connectivity index (χ0) is 14.7. The lowest BCUT2D eigenvalue weighted by molar-refractivity contribution is 0.318. The summed E-state index contributed by atoms with van der Waals surface area (Å²) in [6.45, 7) is 0.